The zero-order valence-corrected chi connectivity index (χ0v) is 14.7. The normalized spacial score (nSPS) is 14.7. The molecule has 0 atom stereocenters. The first-order chi connectivity index (χ1) is 12.6. The van der Waals surface area contributed by atoms with Crippen molar-refractivity contribution in [1.82, 2.24) is 29.7 Å². The molecule has 3 aromatic rings. The number of hydrogen-bond acceptors (Lipinski definition) is 7. The average molecular weight is 354 g/mol. The molecule has 3 aromatic heterocycles. The third-order valence-corrected chi connectivity index (χ3v) is 4.36. The minimum absolute atomic E-state index is 0.426. The van der Waals surface area contributed by atoms with E-state index in [1.165, 1.54) is 12.4 Å². The number of halogens is 1. The van der Waals surface area contributed by atoms with E-state index in [-0.39, 0.29) is 0 Å². The van der Waals surface area contributed by atoms with Gasteiger partial charge in [0, 0.05) is 37.9 Å². The van der Waals surface area contributed by atoms with Crippen molar-refractivity contribution in [1.29, 1.82) is 0 Å². The number of aromatic nitrogens is 6. The summed E-state index contributed by atoms with van der Waals surface area (Å²) in [7, 11) is 0. The third-order valence-electron chi connectivity index (χ3n) is 4.36. The van der Waals surface area contributed by atoms with Gasteiger partial charge in [0.15, 0.2) is 11.6 Å². The van der Waals surface area contributed by atoms with Gasteiger partial charge in [0.25, 0.3) is 0 Å². The molecule has 1 aliphatic heterocycles. The molecule has 9 heteroatoms. The largest absolute Gasteiger partial charge is 0.353 e. The van der Waals surface area contributed by atoms with E-state index in [1.54, 1.807) is 6.33 Å². The molecule has 0 radical (unpaired) electrons. The van der Waals surface area contributed by atoms with Crippen LogP contribution in [-0.2, 0) is 0 Å². The highest BCUT2D eigenvalue weighted by atomic mass is 19.1. The molecule has 0 amide bonds. The van der Waals surface area contributed by atoms with Gasteiger partial charge < -0.3 is 9.80 Å². The Morgan fingerprint density at radius 2 is 1.50 bits per heavy atom. The molecule has 8 nitrogen and oxygen atoms in total. The summed E-state index contributed by atoms with van der Waals surface area (Å²) in [5.41, 5.74) is 1.99. The Morgan fingerprint density at radius 3 is 2.15 bits per heavy atom. The number of anilines is 2. The molecule has 0 aliphatic carbocycles. The van der Waals surface area contributed by atoms with Crippen molar-refractivity contribution in [2.24, 2.45) is 0 Å². The summed E-state index contributed by atoms with van der Waals surface area (Å²) < 4.78 is 14.8. The second-order valence-electron chi connectivity index (χ2n) is 6.25. The fourth-order valence-corrected chi connectivity index (χ4v) is 3.09. The highest BCUT2D eigenvalue weighted by Crippen LogP contribution is 2.18. The van der Waals surface area contributed by atoms with Crippen LogP contribution in [0.15, 0.2) is 30.9 Å². The fraction of sp³-hybridized carbons (Fsp3) is 0.353. The molecule has 26 heavy (non-hydrogen) atoms. The van der Waals surface area contributed by atoms with Gasteiger partial charge in [-0.3, -0.25) is 0 Å². The van der Waals surface area contributed by atoms with Crippen molar-refractivity contribution >= 4 is 11.8 Å². The van der Waals surface area contributed by atoms with Crippen molar-refractivity contribution in [2.75, 3.05) is 36.0 Å². The number of nitrogens with zero attached hydrogens (tertiary/aromatic N) is 8. The Bertz CT molecular complexity index is 899. The smallest absolute Gasteiger partial charge is 0.225 e. The lowest BCUT2D eigenvalue weighted by molar-refractivity contribution is 0.601. The summed E-state index contributed by atoms with van der Waals surface area (Å²) in [4.78, 5) is 21.1. The van der Waals surface area contributed by atoms with E-state index in [4.69, 9.17) is 0 Å². The van der Waals surface area contributed by atoms with E-state index in [2.05, 4.69) is 29.9 Å². The number of piperazine rings is 1. The van der Waals surface area contributed by atoms with Gasteiger partial charge >= 0.3 is 0 Å². The Kier molecular flexibility index (Phi) is 4.19. The topological polar surface area (TPSA) is 75.9 Å². The van der Waals surface area contributed by atoms with Crippen LogP contribution in [0.1, 0.15) is 11.4 Å². The Hall–Kier alpha value is -3.10. The fourth-order valence-electron chi connectivity index (χ4n) is 3.09. The third kappa shape index (κ3) is 3.19. The minimum atomic E-state index is -0.426. The molecule has 1 aliphatic rings. The van der Waals surface area contributed by atoms with E-state index in [0.717, 1.165) is 49.2 Å². The molecule has 1 saturated heterocycles. The predicted octanol–water partition coefficient (Wildman–Crippen LogP) is 1.53. The molecule has 4 rings (SSSR count). The molecule has 0 aromatic carbocycles. The molecule has 134 valence electrons. The Morgan fingerprint density at radius 1 is 0.846 bits per heavy atom. The lowest BCUT2D eigenvalue weighted by atomic mass is 10.3. The van der Waals surface area contributed by atoms with Crippen LogP contribution >= 0.6 is 0 Å². The van der Waals surface area contributed by atoms with Crippen molar-refractivity contribution in [3.05, 3.63) is 48.1 Å². The monoisotopic (exact) mass is 354 g/mol. The van der Waals surface area contributed by atoms with Crippen LogP contribution in [-0.4, -0.2) is 55.9 Å². The van der Waals surface area contributed by atoms with E-state index in [0.29, 0.717) is 5.95 Å². The summed E-state index contributed by atoms with van der Waals surface area (Å²) >= 11 is 0. The SMILES string of the molecule is Cc1cc(C)n(-c2cc(N3CCN(c4ncc(F)cn4)CC3)ncn2)n1. The molecule has 0 unspecified atom stereocenters. The summed E-state index contributed by atoms with van der Waals surface area (Å²) in [5, 5.41) is 4.48. The maximum Gasteiger partial charge on any atom is 0.225 e. The van der Waals surface area contributed by atoms with Crippen LogP contribution in [0.3, 0.4) is 0 Å². The zero-order chi connectivity index (χ0) is 18.1. The second kappa shape index (κ2) is 6.66. The lowest BCUT2D eigenvalue weighted by Crippen LogP contribution is -2.47. The summed E-state index contributed by atoms with van der Waals surface area (Å²) in [6.07, 6.45) is 3.95. The van der Waals surface area contributed by atoms with Gasteiger partial charge in [0.1, 0.15) is 12.1 Å². The molecule has 0 saturated carbocycles. The van der Waals surface area contributed by atoms with E-state index in [9.17, 15) is 4.39 Å². The first-order valence-electron chi connectivity index (χ1n) is 8.43. The maximum atomic E-state index is 13.0. The first kappa shape index (κ1) is 16.4. The quantitative estimate of drug-likeness (QED) is 0.706. The highest BCUT2D eigenvalue weighted by Gasteiger charge is 2.20. The van der Waals surface area contributed by atoms with Gasteiger partial charge in [-0.05, 0) is 19.9 Å². The van der Waals surface area contributed by atoms with Crippen LogP contribution in [0, 0.1) is 19.7 Å². The standard InChI is InChI=1S/C17H19FN8/c1-12-7-13(2)26(23-12)16-8-15(21-11-22-16)24-3-5-25(6-4-24)17-19-9-14(18)10-20-17/h7-11H,3-6H2,1-2H3. The van der Waals surface area contributed by atoms with Gasteiger partial charge in [-0.25, -0.2) is 29.0 Å². The highest BCUT2D eigenvalue weighted by molar-refractivity contribution is 5.46. The maximum absolute atomic E-state index is 13.0. The predicted molar refractivity (Wildman–Crippen MR) is 95.0 cm³/mol. The molecule has 4 heterocycles. The summed E-state index contributed by atoms with van der Waals surface area (Å²) in [5.74, 6) is 1.74. The Labute approximate surface area is 150 Å². The molecular weight excluding hydrogens is 335 g/mol. The molecular formula is C17H19FN8. The van der Waals surface area contributed by atoms with Gasteiger partial charge in [-0.1, -0.05) is 0 Å². The van der Waals surface area contributed by atoms with Gasteiger partial charge in [-0.2, -0.15) is 5.10 Å². The number of rotatable bonds is 3. The van der Waals surface area contributed by atoms with E-state index in [1.807, 2.05) is 35.6 Å². The molecule has 1 fully saturated rings. The van der Waals surface area contributed by atoms with Crippen LogP contribution < -0.4 is 9.80 Å². The van der Waals surface area contributed by atoms with Gasteiger partial charge in [0.05, 0.1) is 18.1 Å². The second-order valence-corrected chi connectivity index (χ2v) is 6.25. The summed E-state index contributed by atoms with van der Waals surface area (Å²) in [6.45, 7) is 6.99. The molecule has 0 bridgehead atoms. The van der Waals surface area contributed by atoms with E-state index >= 15 is 0 Å². The van der Waals surface area contributed by atoms with Crippen LogP contribution in [0.5, 0.6) is 0 Å². The first-order valence-corrected chi connectivity index (χ1v) is 8.43. The van der Waals surface area contributed by atoms with Crippen LogP contribution in [0.25, 0.3) is 5.82 Å². The van der Waals surface area contributed by atoms with E-state index < -0.39 is 5.82 Å². The van der Waals surface area contributed by atoms with Crippen LogP contribution in [0.2, 0.25) is 0 Å². The molecule has 0 spiro atoms. The van der Waals surface area contributed by atoms with Crippen molar-refractivity contribution in [3.63, 3.8) is 0 Å². The van der Waals surface area contributed by atoms with Crippen molar-refractivity contribution in [2.45, 2.75) is 13.8 Å². The van der Waals surface area contributed by atoms with Gasteiger partial charge in [-0.15, -0.1) is 0 Å². The van der Waals surface area contributed by atoms with Crippen LogP contribution in [0.4, 0.5) is 16.2 Å². The van der Waals surface area contributed by atoms with Crippen molar-refractivity contribution < 1.29 is 4.39 Å². The molecule has 0 N–H and O–H groups in total. The zero-order valence-electron chi connectivity index (χ0n) is 14.7. The lowest BCUT2D eigenvalue weighted by Gasteiger charge is -2.35. The average Bonchev–Trinajstić information content (AvgIpc) is 3.01. The van der Waals surface area contributed by atoms with Crippen molar-refractivity contribution in [3.8, 4) is 5.82 Å². The number of aryl methyl sites for hydroxylation is 2. The van der Waals surface area contributed by atoms with Gasteiger partial charge in [0.2, 0.25) is 5.95 Å². The summed E-state index contributed by atoms with van der Waals surface area (Å²) in [6, 6.07) is 3.97. The number of hydrogen-bond donors (Lipinski definition) is 0. The minimum Gasteiger partial charge on any atom is -0.353 e. The Balaban J connectivity index is 1.48.